The topological polar surface area (TPSA) is 77.9 Å². The Hall–Kier alpha value is -2.08. The van der Waals surface area contributed by atoms with Gasteiger partial charge in [0.1, 0.15) is 6.54 Å². The maximum Gasteiger partial charge on any atom is 0.323 e. The fraction of sp³-hybridized carbons (Fsp3) is 0.471. The number of hydrogen-bond acceptors (Lipinski definition) is 3. The largest absolute Gasteiger partial charge is 0.480 e. The molecule has 1 atom stereocenters. The first-order valence-electron chi connectivity index (χ1n) is 7.97. The second-order valence-corrected chi connectivity index (χ2v) is 6.28. The summed E-state index contributed by atoms with van der Waals surface area (Å²) in [6, 6.07) is 6.65. The minimum absolute atomic E-state index is 0.134. The molecule has 0 aromatic heterocycles. The number of benzene rings is 1. The Morgan fingerprint density at radius 1 is 1.29 bits per heavy atom. The lowest BCUT2D eigenvalue weighted by atomic mass is 9.95. The lowest BCUT2D eigenvalue weighted by Gasteiger charge is -2.34. The zero-order valence-corrected chi connectivity index (χ0v) is 14.3. The number of hydrogen-bond donors (Lipinski definition) is 1. The van der Waals surface area contributed by atoms with Crippen LogP contribution in [0, 0.1) is 5.92 Å². The SMILES string of the molecule is CCN(CC(=O)O)C(=O)C1CCCN(C(=O)c2ccc(Cl)cc2)C1. The molecule has 1 aliphatic heterocycles. The highest BCUT2D eigenvalue weighted by Gasteiger charge is 2.31. The molecule has 1 N–H and O–H groups in total. The number of halogens is 1. The zero-order chi connectivity index (χ0) is 17.7. The van der Waals surface area contributed by atoms with Crippen LogP contribution in [-0.4, -0.2) is 58.9 Å². The van der Waals surface area contributed by atoms with E-state index in [0.29, 0.717) is 36.6 Å². The van der Waals surface area contributed by atoms with Crippen LogP contribution in [0.1, 0.15) is 30.1 Å². The summed E-state index contributed by atoms with van der Waals surface area (Å²) in [5.41, 5.74) is 0.533. The van der Waals surface area contributed by atoms with Crippen LogP contribution >= 0.6 is 11.6 Å². The number of amides is 2. The molecule has 0 bridgehead atoms. The lowest BCUT2D eigenvalue weighted by molar-refractivity contribution is -0.146. The molecule has 1 fully saturated rings. The van der Waals surface area contributed by atoms with Crippen LogP contribution in [-0.2, 0) is 9.59 Å². The Morgan fingerprint density at radius 2 is 1.96 bits per heavy atom. The Morgan fingerprint density at radius 3 is 2.54 bits per heavy atom. The smallest absolute Gasteiger partial charge is 0.323 e. The maximum atomic E-state index is 12.6. The average molecular weight is 353 g/mol. The van der Waals surface area contributed by atoms with Crippen LogP contribution in [0.3, 0.4) is 0 Å². The molecule has 2 rings (SSSR count). The highest BCUT2D eigenvalue weighted by Crippen LogP contribution is 2.21. The van der Waals surface area contributed by atoms with Gasteiger partial charge in [-0.25, -0.2) is 0 Å². The molecule has 7 heteroatoms. The van der Waals surface area contributed by atoms with Crippen molar-refractivity contribution in [3.8, 4) is 0 Å². The summed E-state index contributed by atoms with van der Waals surface area (Å²) in [5, 5.41) is 9.46. The fourth-order valence-electron chi connectivity index (χ4n) is 2.91. The number of nitrogens with zero attached hydrogens (tertiary/aromatic N) is 2. The van der Waals surface area contributed by atoms with E-state index in [4.69, 9.17) is 16.7 Å². The van der Waals surface area contributed by atoms with Gasteiger partial charge in [0, 0.05) is 30.2 Å². The van der Waals surface area contributed by atoms with Crippen molar-refractivity contribution in [2.45, 2.75) is 19.8 Å². The molecule has 24 heavy (non-hydrogen) atoms. The summed E-state index contributed by atoms with van der Waals surface area (Å²) >= 11 is 5.84. The first kappa shape index (κ1) is 18.3. The Balaban J connectivity index is 2.05. The van der Waals surface area contributed by atoms with E-state index in [1.165, 1.54) is 4.90 Å². The van der Waals surface area contributed by atoms with Gasteiger partial charge in [0.15, 0.2) is 0 Å². The van der Waals surface area contributed by atoms with Crippen molar-refractivity contribution in [2.75, 3.05) is 26.2 Å². The molecule has 0 radical (unpaired) electrons. The quantitative estimate of drug-likeness (QED) is 0.880. The number of aliphatic carboxylic acids is 1. The Kier molecular flexibility index (Phi) is 6.20. The predicted octanol–water partition coefficient (Wildman–Crippen LogP) is 2.13. The van der Waals surface area contributed by atoms with E-state index in [9.17, 15) is 14.4 Å². The Bertz CT molecular complexity index is 618. The van der Waals surface area contributed by atoms with E-state index < -0.39 is 5.97 Å². The second kappa shape index (κ2) is 8.15. The highest BCUT2D eigenvalue weighted by atomic mass is 35.5. The van der Waals surface area contributed by atoms with E-state index in [2.05, 4.69) is 0 Å². The van der Waals surface area contributed by atoms with Crippen molar-refractivity contribution in [2.24, 2.45) is 5.92 Å². The first-order valence-corrected chi connectivity index (χ1v) is 8.35. The van der Waals surface area contributed by atoms with Crippen molar-refractivity contribution in [1.29, 1.82) is 0 Å². The third kappa shape index (κ3) is 4.47. The summed E-state index contributed by atoms with van der Waals surface area (Å²) in [5.74, 6) is -1.72. The zero-order valence-electron chi connectivity index (χ0n) is 13.6. The minimum atomic E-state index is -1.03. The van der Waals surface area contributed by atoms with Crippen molar-refractivity contribution in [3.05, 3.63) is 34.9 Å². The van der Waals surface area contributed by atoms with Crippen LogP contribution in [0.25, 0.3) is 0 Å². The van der Waals surface area contributed by atoms with Gasteiger partial charge in [0.25, 0.3) is 5.91 Å². The van der Waals surface area contributed by atoms with Crippen molar-refractivity contribution < 1.29 is 19.5 Å². The molecule has 0 aliphatic carbocycles. The number of likely N-dealkylation sites (tertiary alicyclic amines) is 1. The molecule has 2 amide bonds. The molecular weight excluding hydrogens is 332 g/mol. The molecule has 1 unspecified atom stereocenters. The maximum absolute atomic E-state index is 12.6. The van der Waals surface area contributed by atoms with Crippen molar-refractivity contribution >= 4 is 29.4 Å². The van der Waals surface area contributed by atoms with Gasteiger partial charge < -0.3 is 14.9 Å². The van der Waals surface area contributed by atoms with Crippen molar-refractivity contribution in [1.82, 2.24) is 9.80 Å². The summed E-state index contributed by atoms with van der Waals surface area (Å²) in [6.07, 6.45) is 1.39. The number of rotatable bonds is 5. The van der Waals surface area contributed by atoms with E-state index >= 15 is 0 Å². The van der Waals surface area contributed by atoms with Crippen LogP contribution in [0.4, 0.5) is 0 Å². The van der Waals surface area contributed by atoms with Gasteiger partial charge in [0.2, 0.25) is 5.91 Å². The predicted molar refractivity (Wildman–Crippen MR) is 90.0 cm³/mol. The lowest BCUT2D eigenvalue weighted by Crippen LogP contribution is -2.47. The molecule has 130 valence electrons. The van der Waals surface area contributed by atoms with E-state index in [1.807, 2.05) is 0 Å². The molecule has 0 spiro atoms. The van der Waals surface area contributed by atoms with Gasteiger partial charge in [-0.3, -0.25) is 14.4 Å². The molecule has 1 aromatic rings. The highest BCUT2D eigenvalue weighted by molar-refractivity contribution is 6.30. The second-order valence-electron chi connectivity index (χ2n) is 5.84. The summed E-state index contributed by atoms with van der Waals surface area (Å²) < 4.78 is 0. The number of carboxylic acid groups (broad SMARTS) is 1. The van der Waals surface area contributed by atoms with Gasteiger partial charge in [-0.05, 0) is 44.0 Å². The minimum Gasteiger partial charge on any atom is -0.480 e. The van der Waals surface area contributed by atoms with Gasteiger partial charge in [-0.15, -0.1) is 0 Å². The van der Waals surface area contributed by atoms with Gasteiger partial charge >= 0.3 is 5.97 Å². The molecule has 1 heterocycles. The van der Waals surface area contributed by atoms with Crippen LogP contribution in [0.2, 0.25) is 5.02 Å². The molecule has 1 saturated heterocycles. The fourth-order valence-corrected chi connectivity index (χ4v) is 3.03. The molecule has 0 saturated carbocycles. The van der Waals surface area contributed by atoms with Gasteiger partial charge in [-0.2, -0.15) is 0 Å². The Labute approximate surface area is 146 Å². The molecule has 1 aliphatic rings. The first-order chi connectivity index (χ1) is 11.4. The summed E-state index contributed by atoms with van der Waals surface area (Å²) in [7, 11) is 0. The van der Waals surface area contributed by atoms with E-state index in [0.717, 1.165) is 6.42 Å². The van der Waals surface area contributed by atoms with Crippen LogP contribution in [0.5, 0.6) is 0 Å². The van der Waals surface area contributed by atoms with E-state index in [1.54, 1.807) is 36.1 Å². The standard InChI is InChI=1S/C17H21ClN2O4/c1-2-19(11-15(21)22)17(24)13-4-3-9-20(10-13)16(23)12-5-7-14(18)8-6-12/h5-8,13H,2-4,9-11H2,1H3,(H,21,22). The molecule has 1 aromatic carbocycles. The molecular formula is C17H21ClN2O4. The summed E-state index contributed by atoms with van der Waals surface area (Å²) in [4.78, 5) is 38.9. The number of carboxylic acids is 1. The third-order valence-corrected chi connectivity index (χ3v) is 4.42. The molecule has 6 nitrogen and oxygen atoms in total. The normalized spacial score (nSPS) is 17.4. The monoisotopic (exact) mass is 352 g/mol. The van der Waals surface area contributed by atoms with Gasteiger partial charge in [0.05, 0.1) is 5.92 Å². The van der Waals surface area contributed by atoms with E-state index in [-0.39, 0.29) is 24.3 Å². The number of carbonyl (C=O) groups is 3. The van der Waals surface area contributed by atoms with Crippen LogP contribution in [0.15, 0.2) is 24.3 Å². The van der Waals surface area contributed by atoms with Gasteiger partial charge in [-0.1, -0.05) is 11.6 Å². The van der Waals surface area contributed by atoms with Crippen molar-refractivity contribution in [3.63, 3.8) is 0 Å². The van der Waals surface area contributed by atoms with Crippen LogP contribution < -0.4 is 0 Å². The average Bonchev–Trinajstić information content (AvgIpc) is 2.59. The number of likely N-dealkylation sites (N-methyl/N-ethyl adjacent to an activating group) is 1. The third-order valence-electron chi connectivity index (χ3n) is 4.17. The number of piperidine rings is 1. The number of carbonyl (C=O) groups excluding carboxylic acids is 2. The summed E-state index contributed by atoms with van der Waals surface area (Å²) in [6.45, 7) is 2.69.